The second-order valence-electron chi connectivity index (χ2n) is 4.27. The van der Waals surface area contributed by atoms with Gasteiger partial charge >= 0.3 is 0 Å². The molecule has 94 valence electrons. The van der Waals surface area contributed by atoms with E-state index in [0.29, 0.717) is 0 Å². The van der Waals surface area contributed by atoms with Crippen LogP contribution in [0.5, 0.6) is 0 Å². The van der Waals surface area contributed by atoms with E-state index in [-0.39, 0.29) is 5.56 Å². The van der Waals surface area contributed by atoms with Crippen LogP contribution in [0.4, 0.5) is 8.78 Å². The highest BCUT2D eigenvalue weighted by molar-refractivity contribution is 5.19. The van der Waals surface area contributed by atoms with E-state index in [0.717, 1.165) is 44.7 Å². The van der Waals surface area contributed by atoms with Gasteiger partial charge in [0.15, 0.2) is 0 Å². The van der Waals surface area contributed by atoms with Crippen LogP contribution < -0.4 is 5.32 Å². The molecule has 1 aliphatic rings. The maximum absolute atomic E-state index is 12.5. The molecule has 0 aromatic carbocycles. The molecule has 2 rings (SSSR count). The van der Waals surface area contributed by atoms with E-state index in [4.69, 9.17) is 0 Å². The second kappa shape index (κ2) is 6.02. The molecule has 0 bridgehead atoms. The maximum atomic E-state index is 12.5. The lowest BCUT2D eigenvalue weighted by Crippen LogP contribution is -2.44. The summed E-state index contributed by atoms with van der Waals surface area (Å²) in [6.45, 7) is 4.99. The first-order valence-corrected chi connectivity index (χ1v) is 5.91. The van der Waals surface area contributed by atoms with Crippen molar-refractivity contribution in [2.45, 2.75) is 12.8 Å². The lowest BCUT2D eigenvalue weighted by Gasteiger charge is -2.27. The van der Waals surface area contributed by atoms with Crippen LogP contribution in [0.15, 0.2) is 18.5 Å². The average molecular weight is 241 g/mol. The van der Waals surface area contributed by atoms with E-state index in [1.54, 1.807) is 12.3 Å². The van der Waals surface area contributed by atoms with Gasteiger partial charge in [-0.1, -0.05) is 0 Å². The van der Waals surface area contributed by atoms with Crippen molar-refractivity contribution >= 4 is 0 Å². The quantitative estimate of drug-likeness (QED) is 0.865. The van der Waals surface area contributed by atoms with Crippen molar-refractivity contribution in [3.8, 4) is 0 Å². The zero-order valence-corrected chi connectivity index (χ0v) is 9.70. The zero-order chi connectivity index (χ0) is 12.1. The third-order valence-electron chi connectivity index (χ3n) is 2.99. The molecule has 3 nitrogen and oxygen atoms in total. The Morgan fingerprint density at radius 3 is 2.76 bits per heavy atom. The van der Waals surface area contributed by atoms with Gasteiger partial charge in [-0.05, 0) is 18.1 Å². The number of nitrogens with one attached hydrogen (secondary N) is 1. The predicted octanol–water partition coefficient (Wildman–Crippen LogP) is 1.47. The molecule has 0 aliphatic carbocycles. The summed E-state index contributed by atoms with van der Waals surface area (Å²) in [4.78, 5) is 6.20. The summed E-state index contributed by atoms with van der Waals surface area (Å²) < 4.78 is 25.0. The number of halogens is 2. The number of hydrogen-bond acceptors (Lipinski definition) is 3. The first-order chi connectivity index (χ1) is 8.25. The molecule has 1 fully saturated rings. The number of nitrogens with zero attached hydrogens (tertiary/aromatic N) is 2. The monoisotopic (exact) mass is 241 g/mol. The normalized spacial score (nSPS) is 17.6. The lowest BCUT2D eigenvalue weighted by atomic mass is 10.1. The number of piperazine rings is 1. The zero-order valence-electron chi connectivity index (χ0n) is 9.70. The van der Waals surface area contributed by atoms with Gasteiger partial charge in [-0.15, -0.1) is 0 Å². The van der Waals surface area contributed by atoms with Crippen LogP contribution in [0.1, 0.15) is 17.6 Å². The highest BCUT2D eigenvalue weighted by atomic mass is 19.3. The van der Waals surface area contributed by atoms with Crippen molar-refractivity contribution in [2.24, 2.45) is 0 Å². The number of pyridine rings is 1. The molecule has 0 atom stereocenters. The van der Waals surface area contributed by atoms with E-state index in [1.165, 1.54) is 6.20 Å². The van der Waals surface area contributed by atoms with Crippen LogP contribution in [0.2, 0.25) is 0 Å². The van der Waals surface area contributed by atoms with E-state index in [1.807, 2.05) is 0 Å². The van der Waals surface area contributed by atoms with Crippen LogP contribution in [0.25, 0.3) is 0 Å². The first kappa shape index (κ1) is 12.4. The lowest BCUT2D eigenvalue weighted by molar-refractivity contribution is 0.151. The Labute approximate surface area is 99.8 Å². The van der Waals surface area contributed by atoms with E-state index in [9.17, 15) is 8.78 Å². The summed E-state index contributed by atoms with van der Waals surface area (Å²) in [5.74, 6) is 0. The van der Waals surface area contributed by atoms with E-state index in [2.05, 4.69) is 15.2 Å². The molecule has 17 heavy (non-hydrogen) atoms. The first-order valence-electron chi connectivity index (χ1n) is 5.91. The van der Waals surface area contributed by atoms with Crippen molar-refractivity contribution in [3.63, 3.8) is 0 Å². The summed E-state index contributed by atoms with van der Waals surface area (Å²) in [5, 5.41) is 3.28. The Morgan fingerprint density at radius 2 is 2.06 bits per heavy atom. The molecule has 1 aromatic rings. The Bertz CT molecular complexity index is 351. The highest BCUT2D eigenvalue weighted by Gasteiger charge is 2.11. The standard InChI is InChI=1S/C12H17F2N3/c13-12(14)11-7-10(8-16-9-11)1-4-17-5-2-15-3-6-17/h7-9,12,15H,1-6H2. The molecule has 5 heteroatoms. The van der Waals surface area contributed by atoms with Crippen LogP contribution >= 0.6 is 0 Å². The molecule has 1 aliphatic heterocycles. The van der Waals surface area contributed by atoms with Crippen LogP contribution in [0, 0.1) is 0 Å². The number of hydrogen-bond donors (Lipinski definition) is 1. The molecule has 0 unspecified atom stereocenters. The largest absolute Gasteiger partial charge is 0.314 e. The van der Waals surface area contributed by atoms with Gasteiger partial charge < -0.3 is 10.2 Å². The molecule has 0 saturated carbocycles. The Hall–Kier alpha value is -1.07. The molecule has 1 saturated heterocycles. The molecular formula is C12H17F2N3. The second-order valence-corrected chi connectivity index (χ2v) is 4.27. The fraction of sp³-hybridized carbons (Fsp3) is 0.583. The van der Waals surface area contributed by atoms with Gasteiger partial charge in [0.1, 0.15) is 0 Å². The summed E-state index contributed by atoms with van der Waals surface area (Å²) in [7, 11) is 0. The minimum Gasteiger partial charge on any atom is -0.314 e. The van der Waals surface area contributed by atoms with Crippen molar-refractivity contribution in [2.75, 3.05) is 32.7 Å². The smallest absolute Gasteiger partial charge is 0.265 e. The number of aromatic nitrogens is 1. The van der Waals surface area contributed by atoms with Gasteiger partial charge in [0.05, 0.1) is 0 Å². The minimum atomic E-state index is -2.43. The minimum absolute atomic E-state index is 0.0165. The molecule has 1 N–H and O–H groups in total. The molecule has 0 radical (unpaired) electrons. The molecule has 0 spiro atoms. The Kier molecular flexibility index (Phi) is 4.39. The van der Waals surface area contributed by atoms with Crippen LogP contribution in [-0.2, 0) is 6.42 Å². The molecule has 1 aromatic heterocycles. The van der Waals surface area contributed by atoms with Gasteiger partial charge in [-0.3, -0.25) is 4.98 Å². The predicted molar refractivity (Wildman–Crippen MR) is 62.2 cm³/mol. The fourth-order valence-corrected chi connectivity index (χ4v) is 1.99. The Balaban J connectivity index is 1.87. The van der Waals surface area contributed by atoms with Gasteiger partial charge in [-0.25, -0.2) is 8.78 Å². The van der Waals surface area contributed by atoms with Gasteiger partial charge in [-0.2, -0.15) is 0 Å². The van der Waals surface area contributed by atoms with E-state index >= 15 is 0 Å². The maximum Gasteiger partial charge on any atom is 0.265 e. The topological polar surface area (TPSA) is 28.2 Å². The Morgan fingerprint density at radius 1 is 1.29 bits per heavy atom. The summed E-state index contributed by atoms with van der Waals surface area (Å²) in [5.41, 5.74) is 0.907. The van der Waals surface area contributed by atoms with Gasteiger partial charge in [0, 0.05) is 50.7 Å². The van der Waals surface area contributed by atoms with Crippen molar-refractivity contribution in [1.29, 1.82) is 0 Å². The third-order valence-corrected chi connectivity index (χ3v) is 2.99. The van der Waals surface area contributed by atoms with Gasteiger partial charge in [0.25, 0.3) is 6.43 Å². The van der Waals surface area contributed by atoms with Crippen LogP contribution in [0.3, 0.4) is 0 Å². The highest BCUT2D eigenvalue weighted by Crippen LogP contribution is 2.18. The summed E-state index contributed by atoms with van der Waals surface area (Å²) in [6.07, 6.45) is 1.27. The summed E-state index contributed by atoms with van der Waals surface area (Å²) >= 11 is 0. The summed E-state index contributed by atoms with van der Waals surface area (Å²) in [6, 6.07) is 1.56. The fourth-order valence-electron chi connectivity index (χ4n) is 1.99. The number of rotatable bonds is 4. The molecular weight excluding hydrogens is 224 g/mol. The molecule has 0 amide bonds. The van der Waals surface area contributed by atoms with Crippen molar-refractivity contribution < 1.29 is 8.78 Å². The third kappa shape index (κ3) is 3.71. The SMILES string of the molecule is FC(F)c1cncc(CCN2CCNCC2)c1. The van der Waals surface area contributed by atoms with E-state index < -0.39 is 6.43 Å². The van der Waals surface area contributed by atoms with Crippen molar-refractivity contribution in [1.82, 2.24) is 15.2 Å². The molecule has 2 heterocycles. The average Bonchev–Trinajstić information content (AvgIpc) is 2.38. The van der Waals surface area contributed by atoms with Gasteiger partial charge in [0.2, 0.25) is 0 Å². The van der Waals surface area contributed by atoms with Crippen molar-refractivity contribution in [3.05, 3.63) is 29.6 Å². The van der Waals surface area contributed by atoms with Crippen LogP contribution in [-0.4, -0.2) is 42.6 Å². The number of alkyl halides is 2.